The molecule has 4 rings (SSSR count). The molecule has 1 atom stereocenters. The van der Waals surface area contributed by atoms with Gasteiger partial charge in [-0.1, -0.05) is 24.3 Å². The number of rotatable bonds is 7. The Morgan fingerprint density at radius 3 is 2.45 bits per heavy atom. The van der Waals surface area contributed by atoms with Crippen LogP contribution < -0.4 is 14.8 Å². The van der Waals surface area contributed by atoms with Gasteiger partial charge in [-0.15, -0.1) is 0 Å². The largest absolute Gasteiger partial charge is 0.493 e. The fourth-order valence-corrected chi connectivity index (χ4v) is 3.96. The van der Waals surface area contributed by atoms with Crippen molar-refractivity contribution in [2.24, 2.45) is 0 Å². The zero-order valence-electron chi connectivity index (χ0n) is 18.1. The standard InChI is InChI=1S/C25H22F2N2O4/c1-32-22-10-7-15(11-23(22)33-2)21(29-14-16-5-3-4-6-18(16)25(29)31)13-24(30)28-17-8-9-19(26)20(27)12-17/h3-12,21H,13-14H2,1-2H3,(H,28,30)/t21-/m1/s1. The van der Waals surface area contributed by atoms with Crippen molar-refractivity contribution >= 4 is 17.5 Å². The molecule has 1 heterocycles. The van der Waals surface area contributed by atoms with Crippen molar-refractivity contribution in [3.8, 4) is 11.5 Å². The van der Waals surface area contributed by atoms with Gasteiger partial charge in [-0.2, -0.15) is 0 Å². The number of halogens is 2. The van der Waals surface area contributed by atoms with Crippen molar-refractivity contribution in [1.82, 2.24) is 4.90 Å². The average molecular weight is 452 g/mol. The molecule has 0 fully saturated rings. The van der Waals surface area contributed by atoms with E-state index < -0.39 is 23.6 Å². The molecule has 8 heteroatoms. The van der Waals surface area contributed by atoms with Crippen molar-refractivity contribution < 1.29 is 27.8 Å². The molecule has 0 bridgehead atoms. The summed E-state index contributed by atoms with van der Waals surface area (Å²) in [6, 6.07) is 15.0. The molecular formula is C25H22F2N2O4. The average Bonchev–Trinajstić information content (AvgIpc) is 3.15. The van der Waals surface area contributed by atoms with E-state index >= 15 is 0 Å². The zero-order valence-corrected chi connectivity index (χ0v) is 18.1. The van der Waals surface area contributed by atoms with E-state index in [-0.39, 0.29) is 18.0 Å². The first kappa shape index (κ1) is 22.3. The predicted octanol–water partition coefficient (Wildman–Crippen LogP) is 4.71. The summed E-state index contributed by atoms with van der Waals surface area (Å²) in [4.78, 5) is 27.7. The summed E-state index contributed by atoms with van der Waals surface area (Å²) in [6.45, 7) is 0.340. The van der Waals surface area contributed by atoms with Gasteiger partial charge in [0, 0.05) is 23.9 Å². The first-order valence-corrected chi connectivity index (χ1v) is 10.3. The summed E-state index contributed by atoms with van der Waals surface area (Å²) < 4.78 is 37.5. The third-order valence-electron chi connectivity index (χ3n) is 5.60. The van der Waals surface area contributed by atoms with E-state index in [1.54, 1.807) is 35.2 Å². The summed E-state index contributed by atoms with van der Waals surface area (Å²) in [5.41, 5.74) is 2.26. The molecule has 2 amide bonds. The van der Waals surface area contributed by atoms with Crippen molar-refractivity contribution in [3.63, 3.8) is 0 Å². The van der Waals surface area contributed by atoms with Crippen molar-refractivity contribution in [1.29, 1.82) is 0 Å². The Bertz CT molecular complexity index is 1210. The summed E-state index contributed by atoms with van der Waals surface area (Å²) in [6.07, 6.45) is -0.103. The third-order valence-corrected chi connectivity index (χ3v) is 5.60. The van der Waals surface area contributed by atoms with Crippen molar-refractivity contribution in [2.45, 2.75) is 19.0 Å². The molecular weight excluding hydrogens is 430 g/mol. The van der Waals surface area contributed by atoms with E-state index in [0.29, 0.717) is 29.2 Å². The molecule has 0 aliphatic carbocycles. The van der Waals surface area contributed by atoms with Gasteiger partial charge in [0.05, 0.1) is 26.7 Å². The second-order valence-electron chi connectivity index (χ2n) is 7.60. The maximum atomic E-state index is 13.6. The molecule has 1 N–H and O–H groups in total. The lowest BCUT2D eigenvalue weighted by Crippen LogP contribution is -2.32. The quantitative estimate of drug-likeness (QED) is 0.564. The minimum atomic E-state index is -1.06. The molecule has 0 saturated heterocycles. The van der Waals surface area contributed by atoms with Crippen LogP contribution in [0.25, 0.3) is 0 Å². The lowest BCUT2D eigenvalue weighted by Gasteiger charge is -2.28. The molecule has 0 spiro atoms. The van der Waals surface area contributed by atoms with Crippen LogP contribution in [0.2, 0.25) is 0 Å². The van der Waals surface area contributed by atoms with Gasteiger partial charge >= 0.3 is 0 Å². The van der Waals surface area contributed by atoms with Gasteiger partial charge in [0.15, 0.2) is 23.1 Å². The highest BCUT2D eigenvalue weighted by Crippen LogP contribution is 2.37. The highest BCUT2D eigenvalue weighted by atomic mass is 19.2. The fourth-order valence-electron chi connectivity index (χ4n) is 3.96. The summed E-state index contributed by atoms with van der Waals surface area (Å²) in [5, 5.41) is 2.58. The van der Waals surface area contributed by atoms with E-state index in [4.69, 9.17) is 9.47 Å². The molecule has 1 aliphatic heterocycles. The molecule has 0 saturated carbocycles. The molecule has 33 heavy (non-hydrogen) atoms. The van der Waals surface area contributed by atoms with Gasteiger partial charge < -0.3 is 19.7 Å². The van der Waals surface area contributed by atoms with E-state index in [1.807, 2.05) is 12.1 Å². The number of ether oxygens (including phenoxy) is 2. The van der Waals surface area contributed by atoms with Crippen LogP contribution in [0.3, 0.4) is 0 Å². The number of amides is 2. The summed E-state index contributed by atoms with van der Waals surface area (Å²) in [7, 11) is 3.02. The highest BCUT2D eigenvalue weighted by Gasteiger charge is 2.35. The van der Waals surface area contributed by atoms with Gasteiger partial charge in [0.25, 0.3) is 5.91 Å². The van der Waals surface area contributed by atoms with Crippen LogP contribution >= 0.6 is 0 Å². The van der Waals surface area contributed by atoms with Crippen LogP contribution in [-0.4, -0.2) is 30.9 Å². The third kappa shape index (κ3) is 4.50. The Morgan fingerprint density at radius 1 is 1.00 bits per heavy atom. The molecule has 6 nitrogen and oxygen atoms in total. The predicted molar refractivity (Wildman–Crippen MR) is 118 cm³/mol. The highest BCUT2D eigenvalue weighted by molar-refractivity contribution is 5.99. The molecule has 0 aromatic heterocycles. The Labute approximate surface area is 189 Å². The maximum absolute atomic E-state index is 13.6. The molecule has 3 aromatic carbocycles. The van der Waals surface area contributed by atoms with Crippen LogP contribution in [-0.2, 0) is 11.3 Å². The molecule has 170 valence electrons. The van der Waals surface area contributed by atoms with Crippen molar-refractivity contribution in [3.05, 3.63) is 89.0 Å². The van der Waals surface area contributed by atoms with E-state index in [0.717, 1.165) is 17.7 Å². The molecule has 0 unspecified atom stereocenters. The second-order valence-corrected chi connectivity index (χ2v) is 7.60. The lowest BCUT2D eigenvalue weighted by molar-refractivity contribution is -0.117. The molecule has 0 radical (unpaired) electrons. The summed E-state index contributed by atoms with van der Waals surface area (Å²) >= 11 is 0. The normalized spacial score (nSPS) is 13.5. The minimum absolute atomic E-state index is 0.103. The monoisotopic (exact) mass is 452 g/mol. The van der Waals surface area contributed by atoms with Gasteiger partial charge in [0.2, 0.25) is 5.91 Å². The van der Waals surface area contributed by atoms with Gasteiger partial charge in [-0.05, 0) is 41.5 Å². The first-order valence-electron chi connectivity index (χ1n) is 10.3. The van der Waals surface area contributed by atoms with E-state index in [2.05, 4.69) is 5.32 Å². The number of anilines is 1. The van der Waals surface area contributed by atoms with Gasteiger partial charge in [-0.25, -0.2) is 8.78 Å². The fraction of sp³-hybridized carbons (Fsp3) is 0.200. The van der Waals surface area contributed by atoms with Gasteiger partial charge in [0.1, 0.15) is 0 Å². The number of nitrogens with zero attached hydrogens (tertiary/aromatic N) is 1. The Morgan fingerprint density at radius 2 is 1.76 bits per heavy atom. The zero-order chi connectivity index (χ0) is 23.5. The number of carbonyl (C=O) groups is 2. The van der Waals surface area contributed by atoms with Crippen molar-refractivity contribution in [2.75, 3.05) is 19.5 Å². The van der Waals surface area contributed by atoms with Crippen LogP contribution in [0.5, 0.6) is 11.5 Å². The molecule has 1 aliphatic rings. The Hall–Kier alpha value is -3.94. The minimum Gasteiger partial charge on any atom is -0.493 e. The maximum Gasteiger partial charge on any atom is 0.255 e. The number of benzene rings is 3. The SMILES string of the molecule is COc1ccc([C@@H](CC(=O)Nc2ccc(F)c(F)c2)N2Cc3ccccc3C2=O)cc1OC. The van der Waals surface area contributed by atoms with Gasteiger partial charge in [-0.3, -0.25) is 9.59 Å². The smallest absolute Gasteiger partial charge is 0.255 e. The van der Waals surface area contributed by atoms with Crippen LogP contribution in [0.4, 0.5) is 14.5 Å². The van der Waals surface area contributed by atoms with E-state index in [9.17, 15) is 18.4 Å². The Balaban J connectivity index is 1.65. The van der Waals surface area contributed by atoms with Crippen LogP contribution in [0.1, 0.15) is 33.9 Å². The number of hydrogen-bond acceptors (Lipinski definition) is 4. The second kappa shape index (κ2) is 9.28. The number of fused-ring (bicyclic) bond motifs is 1. The summed E-state index contributed by atoms with van der Waals surface area (Å²) in [5.74, 6) is -1.73. The number of nitrogens with one attached hydrogen (secondary N) is 1. The number of carbonyl (C=O) groups excluding carboxylic acids is 2. The van der Waals surface area contributed by atoms with E-state index in [1.165, 1.54) is 20.3 Å². The lowest BCUT2D eigenvalue weighted by atomic mass is 10.0. The molecule has 3 aromatic rings. The topological polar surface area (TPSA) is 67.9 Å². The Kier molecular flexibility index (Phi) is 6.26. The van der Waals surface area contributed by atoms with Crippen LogP contribution in [0, 0.1) is 11.6 Å². The number of hydrogen-bond donors (Lipinski definition) is 1. The first-order chi connectivity index (χ1) is 15.9. The van der Waals surface area contributed by atoms with Crippen LogP contribution in [0.15, 0.2) is 60.7 Å². The number of methoxy groups -OCH3 is 2.